The fourth-order valence-corrected chi connectivity index (χ4v) is 12.9. The first kappa shape index (κ1) is 93.7. The lowest BCUT2D eigenvalue weighted by Crippen LogP contribution is -2.50. The number of anilines is 2. The molecular weight excluding hydrogens is 1600 g/mol. The average Bonchev–Trinajstić information content (AvgIpc) is 1.58. The van der Waals surface area contributed by atoms with Crippen molar-refractivity contribution in [3.05, 3.63) is 153 Å². The van der Waals surface area contributed by atoms with Crippen LogP contribution < -0.4 is 40.1 Å². The second-order valence-corrected chi connectivity index (χ2v) is 27.5. The molecule has 0 aliphatic carbocycles. The molecule has 13 rings (SSSR count). The SMILES string of the molecule is C#C[C@]1(CO)O[C@@H](N2C=CC(N)=NC2=C)C(F)(F)[C@@H]1O.C#C[C@]1(CO)O[C@@H](N2C=CC(N)=NC2=C)[C@H](O)[C@@H]1O.C#C[C@]1(CO)O[C@@H](n2ccc(N)nc2=O)[C@H](O)[C@@H]1O.C=C1N=C(N)C=CN1[C@@H]1O[C@](C)(CO)[C@@H](O)C1(F)F.C=CC[C@]1(CO)O[C@@H](N2C=CC(N)=NC2=C)C(F)(F)[C@@H]1O.Nc1ccnc2c1ncn2[C@@H]1O[C@H](CO)[C@@H](O)[C@]1(O)CF. The third-order valence-corrected chi connectivity index (χ3v) is 19.7. The zero-order valence-electron chi connectivity index (χ0n) is 62.7. The number of aromatic nitrogens is 5. The van der Waals surface area contributed by atoms with E-state index in [-0.39, 0.29) is 64.5 Å². The summed E-state index contributed by atoms with van der Waals surface area (Å²) in [7, 11) is 0. The summed E-state index contributed by atoms with van der Waals surface area (Å²) in [5, 5.41) is 145. The van der Waals surface area contributed by atoms with Crippen molar-refractivity contribution in [2.75, 3.05) is 57.8 Å². The quantitative estimate of drug-likeness (QED) is 0.0382. The Morgan fingerprint density at radius 2 is 0.983 bits per heavy atom. The first-order valence-corrected chi connectivity index (χ1v) is 34.7. The Hall–Kier alpha value is -10.8. The minimum absolute atomic E-state index is 0.0136. The van der Waals surface area contributed by atoms with Gasteiger partial charge in [0.15, 0.2) is 65.0 Å². The second kappa shape index (κ2) is 36.0. The summed E-state index contributed by atoms with van der Waals surface area (Å²) in [6.07, 6.45) is 7.10. The van der Waals surface area contributed by atoms with Crippen LogP contribution in [0.1, 0.15) is 25.8 Å². The standard InChI is InChI=1S/C13H17F2N3O3.C12H13F2N3O3.C12H15FN4O4.C12H15N3O4.C11H15F2N3O3.C11H13N3O5/c1-3-5-12(7-19)10(20)13(14,15)11(21-12)18-6-4-9(16)17-8(18)2;1-3-11(6-18)9(19)12(13,14)10(20-11)17-5-4-8(15)16-7(17)2;13-4-12(20)9(19)7(3-18)21-11(12)17-5-16-8-6(14)1-2-15-10(8)17;1-3-12(6-16)10(18)9(17)11(19-12)15-5-4-8(13)14-7(15)2;1-6-15-7(14)3-4-16(6)9-11(12,13)8(18)10(2,5-17)19-9;1-2-11(5-15)8(17)7(16)9(19-11)14-4-3-6(12)13-10(14)18/h3-4,6,10-11,19-20H,1-2,5,7H2,(H2,16,17);1,4-5,9-10,18-19H,2,6H2,(H2,15,16);1-2,5,7,9,11,18-20H,3-4H2,(H2,14,15);1,4-5,9-11,16-18H,2,6H2,(H2,13,14);3-4,8-9,17-18H,1,5H2,2H3,(H2,14,15);1,3-4,7-9,15-17H,5H2,(H2,12,13,18)/t10-,11-,12-;9-,10-,11-;7-,9-,11-,12-;9-,10+,11-,12-;8-,9-,10-;7-,8+,9-,11-/m111111/s1. The monoisotopic (exact) mass is 1690 g/mol. The molecule has 0 amide bonds. The molecular formula is C71H88F7N19O22. The highest BCUT2D eigenvalue weighted by atomic mass is 19.3. The van der Waals surface area contributed by atoms with Crippen molar-refractivity contribution < 1.29 is 136 Å². The number of hydrogen-bond donors (Lipinski definition) is 21. The van der Waals surface area contributed by atoms with E-state index in [1.165, 1.54) is 96.4 Å². The number of hydrogen-bond acceptors (Lipinski definition) is 39. The number of imidazole rings is 1. The molecule has 0 spiro atoms. The lowest BCUT2D eigenvalue weighted by molar-refractivity contribution is -0.154. The summed E-state index contributed by atoms with van der Waals surface area (Å²) in [4.78, 5) is 42.7. The number of nitrogens with zero attached hydrogens (tertiary/aromatic N) is 13. The number of aliphatic hydroxyl groups excluding tert-OH is 14. The van der Waals surface area contributed by atoms with Crippen LogP contribution in [0.5, 0.6) is 0 Å². The first-order chi connectivity index (χ1) is 55.7. The third kappa shape index (κ3) is 17.4. The number of terminal acetylenes is 3. The van der Waals surface area contributed by atoms with Gasteiger partial charge in [0.1, 0.15) is 112 Å². The lowest BCUT2D eigenvalue weighted by atomic mass is 9.92. The van der Waals surface area contributed by atoms with Gasteiger partial charge in [-0.1, -0.05) is 50.2 Å². The normalized spacial score (nSPS) is 35.5. The largest absolute Gasteiger partial charge is 0.397 e. The van der Waals surface area contributed by atoms with E-state index >= 15 is 0 Å². The van der Waals surface area contributed by atoms with Crippen LogP contribution in [0.25, 0.3) is 11.2 Å². The Balaban J connectivity index is 0.000000178. The van der Waals surface area contributed by atoms with Gasteiger partial charge in [-0.05, 0) is 49.8 Å². The molecule has 0 bridgehead atoms. The molecule has 3 aromatic rings. The van der Waals surface area contributed by atoms with Gasteiger partial charge in [-0.3, -0.25) is 9.13 Å². The molecule has 648 valence electrons. The fraction of sp³-hybridized carbons (Fsp3) is 0.465. The van der Waals surface area contributed by atoms with Gasteiger partial charge in [0.2, 0.25) is 18.7 Å². The van der Waals surface area contributed by atoms with E-state index in [0.29, 0.717) is 11.2 Å². The number of alkyl halides is 7. The van der Waals surface area contributed by atoms with E-state index in [9.17, 15) is 102 Å². The van der Waals surface area contributed by atoms with Crippen LogP contribution in [0.2, 0.25) is 0 Å². The minimum atomic E-state index is -3.73. The van der Waals surface area contributed by atoms with Crippen LogP contribution in [0, 0.1) is 37.0 Å². The fourth-order valence-electron chi connectivity index (χ4n) is 12.9. The molecule has 48 heteroatoms. The van der Waals surface area contributed by atoms with Crippen molar-refractivity contribution in [3.63, 3.8) is 0 Å². The number of ether oxygens (including phenoxy) is 6. The van der Waals surface area contributed by atoms with E-state index in [1.54, 1.807) is 6.07 Å². The Morgan fingerprint density at radius 3 is 1.38 bits per heavy atom. The maximum atomic E-state index is 14.3. The Labute approximate surface area is 670 Å². The molecule has 10 aliphatic rings. The molecule has 0 saturated carbocycles. The molecule has 0 aromatic carbocycles. The molecule has 6 saturated heterocycles. The molecule has 6 fully saturated rings. The van der Waals surface area contributed by atoms with Gasteiger partial charge in [0, 0.05) is 37.2 Å². The van der Waals surface area contributed by atoms with E-state index in [2.05, 4.69) is 79.7 Å². The molecule has 3 aromatic heterocycles. The number of pyridine rings is 1. The highest BCUT2D eigenvalue weighted by molar-refractivity contribution is 5.94. The minimum Gasteiger partial charge on any atom is -0.397 e. The van der Waals surface area contributed by atoms with Gasteiger partial charge < -0.3 is 159 Å². The van der Waals surface area contributed by atoms with E-state index in [1.807, 2.05) is 5.92 Å². The van der Waals surface area contributed by atoms with Crippen LogP contribution in [-0.2, 0) is 28.4 Å². The summed E-state index contributed by atoms with van der Waals surface area (Å²) in [6.45, 7) is 13.2. The number of aliphatic imine (C=N–C) groups is 4. The van der Waals surface area contributed by atoms with Gasteiger partial charge in [-0.2, -0.15) is 31.3 Å². The molecule has 41 nitrogen and oxygen atoms in total. The molecule has 27 N–H and O–H groups in total. The van der Waals surface area contributed by atoms with E-state index < -0.39 is 196 Å². The zero-order chi connectivity index (χ0) is 89.0. The molecule has 119 heavy (non-hydrogen) atoms. The predicted octanol–water partition coefficient (Wildman–Crippen LogP) is -6.10. The number of rotatable bonds is 15. The van der Waals surface area contributed by atoms with Gasteiger partial charge >= 0.3 is 23.5 Å². The van der Waals surface area contributed by atoms with Crippen molar-refractivity contribution in [3.8, 4) is 37.0 Å². The van der Waals surface area contributed by atoms with Crippen molar-refractivity contribution in [2.24, 2.45) is 42.9 Å². The zero-order valence-corrected chi connectivity index (χ0v) is 62.7. The Bertz CT molecular complexity index is 4770. The average molecular weight is 1690 g/mol. The van der Waals surface area contributed by atoms with Crippen molar-refractivity contribution in [1.29, 1.82) is 0 Å². The van der Waals surface area contributed by atoms with Gasteiger partial charge in [0.25, 0.3) is 0 Å². The van der Waals surface area contributed by atoms with Crippen LogP contribution in [0.15, 0.2) is 167 Å². The van der Waals surface area contributed by atoms with Crippen molar-refractivity contribution in [1.82, 2.24) is 43.7 Å². The Kier molecular flexibility index (Phi) is 28.4. The number of fused-ring (bicyclic) bond motifs is 1. The number of halogens is 7. The summed E-state index contributed by atoms with van der Waals surface area (Å²) in [5.74, 6) is -4.10. The smallest absolute Gasteiger partial charge is 0.351 e. The molecule has 13 heterocycles. The highest BCUT2D eigenvalue weighted by Crippen LogP contribution is 2.50. The van der Waals surface area contributed by atoms with Gasteiger partial charge in [-0.25, -0.2) is 39.1 Å². The maximum absolute atomic E-state index is 14.3. The van der Waals surface area contributed by atoms with Crippen molar-refractivity contribution >= 4 is 46.0 Å². The van der Waals surface area contributed by atoms with Crippen LogP contribution >= 0.6 is 0 Å². The van der Waals surface area contributed by atoms with Crippen LogP contribution in [0.4, 0.5) is 42.2 Å². The maximum Gasteiger partial charge on any atom is 0.351 e. The Morgan fingerprint density at radius 1 is 0.546 bits per heavy atom. The number of nitrogen functional groups attached to an aromatic ring is 2. The first-order valence-electron chi connectivity index (χ1n) is 34.7. The topological polar surface area (TPSA) is 643 Å². The third-order valence-electron chi connectivity index (χ3n) is 19.7. The van der Waals surface area contributed by atoms with E-state index in [0.717, 1.165) is 19.3 Å². The molecule has 0 radical (unpaired) electrons. The molecule has 0 unspecified atom stereocenters. The van der Waals surface area contributed by atoms with Gasteiger partial charge in [-0.15, -0.1) is 25.8 Å². The van der Waals surface area contributed by atoms with Crippen molar-refractivity contribution in [2.45, 2.75) is 157 Å². The summed E-state index contributed by atoms with van der Waals surface area (Å²) >= 11 is 0. The summed E-state index contributed by atoms with van der Waals surface area (Å²) in [6, 6.07) is 2.89. The molecule has 10 aliphatic heterocycles. The predicted molar refractivity (Wildman–Crippen MR) is 402 cm³/mol. The second-order valence-electron chi connectivity index (χ2n) is 27.5. The van der Waals surface area contributed by atoms with E-state index in [4.69, 9.17) is 92.3 Å². The number of aliphatic hydroxyl groups is 15. The van der Waals surface area contributed by atoms with Crippen LogP contribution in [-0.4, -0.2) is 321 Å². The summed E-state index contributed by atoms with van der Waals surface area (Å²) in [5.41, 5.74) is 21.8. The molecule has 21 atom stereocenters. The van der Waals surface area contributed by atoms with Gasteiger partial charge in [0.05, 0.1) is 51.7 Å². The number of nitrogens with two attached hydrogens (primary N) is 6. The van der Waals surface area contributed by atoms with Crippen LogP contribution in [0.3, 0.4) is 0 Å². The highest BCUT2D eigenvalue weighted by Gasteiger charge is 2.70. The number of amidine groups is 4. The summed E-state index contributed by atoms with van der Waals surface area (Å²) < 4.78 is 132. The lowest BCUT2D eigenvalue weighted by Gasteiger charge is -2.32.